The molecule has 0 bridgehead atoms. The van der Waals surface area contributed by atoms with E-state index in [4.69, 9.17) is 10.6 Å². The molecule has 2 rings (SSSR count). The molecule has 1 unspecified atom stereocenters. The zero-order chi connectivity index (χ0) is 10.8. The molecule has 1 aliphatic rings. The number of nitrogens with one attached hydrogen (secondary N) is 2. The Kier molecular flexibility index (Phi) is 2.36. The van der Waals surface area contributed by atoms with Crippen LogP contribution in [0.5, 0.6) is 0 Å². The molecule has 1 aliphatic heterocycles. The van der Waals surface area contributed by atoms with Crippen LogP contribution in [0.2, 0.25) is 0 Å². The number of benzene rings is 1. The van der Waals surface area contributed by atoms with Gasteiger partial charge in [-0.25, -0.2) is 15.5 Å². The Balaban J connectivity index is 2.33. The van der Waals surface area contributed by atoms with Gasteiger partial charge in [0.25, 0.3) is 0 Å². The summed E-state index contributed by atoms with van der Waals surface area (Å²) in [6.07, 6.45) is -0.673. The van der Waals surface area contributed by atoms with Crippen molar-refractivity contribution < 1.29 is 10.4 Å². The van der Waals surface area contributed by atoms with Crippen LogP contribution in [0.15, 0.2) is 35.3 Å². The van der Waals surface area contributed by atoms with Crippen LogP contribution >= 0.6 is 0 Å². The van der Waals surface area contributed by atoms with Crippen molar-refractivity contribution in [2.75, 3.05) is 0 Å². The number of amidine groups is 2. The summed E-state index contributed by atoms with van der Waals surface area (Å²) >= 11 is 0. The highest BCUT2D eigenvalue weighted by Gasteiger charge is 2.31. The van der Waals surface area contributed by atoms with Gasteiger partial charge in [-0.15, -0.1) is 0 Å². The Labute approximate surface area is 85.9 Å². The van der Waals surface area contributed by atoms with E-state index in [9.17, 15) is 5.21 Å². The van der Waals surface area contributed by atoms with E-state index in [0.717, 1.165) is 5.56 Å². The van der Waals surface area contributed by atoms with E-state index in [1.807, 2.05) is 18.2 Å². The van der Waals surface area contributed by atoms with Gasteiger partial charge in [-0.05, 0) is 5.56 Å². The second-order valence-electron chi connectivity index (χ2n) is 3.07. The summed E-state index contributed by atoms with van der Waals surface area (Å²) in [5.41, 5.74) is 2.51. The van der Waals surface area contributed by atoms with E-state index in [2.05, 4.69) is 4.99 Å². The fourth-order valence-electron chi connectivity index (χ4n) is 1.39. The molecule has 0 aliphatic carbocycles. The maximum atomic E-state index is 9.56. The van der Waals surface area contributed by atoms with Gasteiger partial charge in [-0.2, -0.15) is 0 Å². The quantitative estimate of drug-likeness (QED) is 0.510. The highest BCUT2D eigenvalue weighted by Crippen LogP contribution is 2.25. The van der Waals surface area contributed by atoms with E-state index < -0.39 is 6.17 Å². The lowest BCUT2D eigenvalue weighted by molar-refractivity contribution is -0.0454. The maximum absolute atomic E-state index is 9.56. The van der Waals surface area contributed by atoms with Gasteiger partial charge in [0.15, 0.2) is 17.8 Å². The molecule has 0 fully saturated rings. The fraction of sp³-hybridized carbons (Fsp3) is 0.111. The summed E-state index contributed by atoms with van der Waals surface area (Å²) in [7, 11) is 0. The van der Waals surface area contributed by atoms with Crippen molar-refractivity contribution in [2.24, 2.45) is 4.99 Å². The first kappa shape index (κ1) is 9.63. The van der Waals surface area contributed by atoms with Crippen LogP contribution in [0.3, 0.4) is 0 Å². The average molecular weight is 206 g/mol. The Hall–Kier alpha value is -1.92. The molecule has 78 valence electrons. The lowest BCUT2D eigenvalue weighted by Gasteiger charge is -2.16. The number of nitrogens with zero attached hydrogens (tertiary/aromatic N) is 2. The van der Waals surface area contributed by atoms with E-state index in [0.29, 0.717) is 5.06 Å². The molecule has 0 saturated heterocycles. The Bertz CT molecular complexity index is 404. The summed E-state index contributed by atoms with van der Waals surface area (Å²) in [5, 5.41) is 26.3. The minimum Gasteiger partial charge on any atom is -0.290 e. The highest BCUT2D eigenvalue weighted by atomic mass is 16.5. The van der Waals surface area contributed by atoms with Crippen LogP contribution in [-0.4, -0.2) is 27.1 Å². The standard InChI is InChI=1S/C9H10N4O2/c10-7-8(12-14)11-9(13(7)15)6-4-2-1-3-5-6/h1-5,9-10,14-15H,(H,11,12). The summed E-state index contributed by atoms with van der Waals surface area (Å²) in [6.45, 7) is 0. The third-order valence-electron chi connectivity index (χ3n) is 2.14. The minimum absolute atomic E-state index is 0.0497. The van der Waals surface area contributed by atoms with Crippen LogP contribution < -0.4 is 5.48 Å². The van der Waals surface area contributed by atoms with Crippen molar-refractivity contribution in [3.63, 3.8) is 0 Å². The minimum atomic E-state index is -0.673. The molecule has 0 saturated carbocycles. The second-order valence-corrected chi connectivity index (χ2v) is 3.07. The van der Waals surface area contributed by atoms with E-state index in [1.54, 1.807) is 17.6 Å². The smallest absolute Gasteiger partial charge is 0.192 e. The van der Waals surface area contributed by atoms with E-state index >= 15 is 0 Å². The molecule has 1 aromatic carbocycles. The topological polar surface area (TPSA) is 91.9 Å². The van der Waals surface area contributed by atoms with Gasteiger partial charge in [0, 0.05) is 0 Å². The predicted octanol–water partition coefficient (Wildman–Crippen LogP) is 0.745. The van der Waals surface area contributed by atoms with Crippen molar-refractivity contribution in [2.45, 2.75) is 6.17 Å². The molecular weight excluding hydrogens is 196 g/mol. The molecule has 4 N–H and O–H groups in total. The highest BCUT2D eigenvalue weighted by molar-refractivity contribution is 6.39. The normalized spacial score (nSPS) is 20.4. The average Bonchev–Trinajstić information content (AvgIpc) is 2.57. The third kappa shape index (κ3) is 1.56. The molecule has 1 aromatic rings. The van der Waals surface area contributed by atoms with Crippen LogP contribution in [0.1, 0.15) is 11.7 Å². The number of hydrogen-bond acceptors (Lipinski definition) is 5. The Morgan fingerprint density at radius 1 is 1.33 bits per heavy atom. The number of hydrogen-bond donors (Lipinski definition) is 4. The predicted molar refractivity (Wildman–Crippen MR) is 52.9 cm³/mol. The molecule has 0 radical (unpaired) electrons. The molecule has 1 atom stereocenters. The first-order chi connectivity index (χ1) is 7.24. The van der Waals surface area contributed by atoms with Crippen LogP contribution in [0, 0.1) is 5.41 Å². The van der Waals surface area contributed by atoms with Crippen molar-refractivity contribution in [3.05, 3.63) is 35.9 Å². The molecule has 0 amide bonds. The second kappa shape index (κ2) is 3.68. The van der Waals surface area contributed by atoms with Gasteiger partial charge < -0.3 is 0 Å². The van der Waals surface area contributed by atoms with E-state index in [1.165, 1.54) is 0 Å². The Morgan fingerprint density at radius 3 is 2.53 bits per heavy atom. The summed E-state index contributed by atoms with van der Waals surface area (Å²) in [6, 6.07) is 9.04. The van der Waals surface area contributed by atoms with Crippen molar-refractivity contribution in [1.82, 2.24) is 10.5 Å². The first-order valence-electron chi connectivity index (χ1n) is 4.34. The van der Waals surface area contributed by atoms with Gasteiger partial charge >= 0.3 is 0 Å². The summed E-state index contributed by atoms with van der Waals surface area (Å²) in [5.74, 6) is -0.308. The van der Waals surface area contributed by atoms with Crippen LogP contribution in [0.4, 0.5) is 0 Å². The molecule has 6 heteroatoms. The maximum Gasteiger partial charge on any atom is 0.192 e. The molecule has 1 heterocycles. The third-order valence-corrected chi connectivity index (χ3v) is 2.14. The van der Waals surface area contributed by atoms with Gasteiger partial charge in [-0.3, -0.25) is 15.8 Å². The van der Waals surface area contributed by atoms with Crippen molar-refractivity contribution in [1.29, 1.82) is 5.41 Å². The molecule has 15 heavy (non-hydrogen) atoms. The largest absolute Gasteiger partial charge is 0.290 e. The van der Waals surface area contributed by atoms with Crippen LogP contribution in [0.25, 0.3) is 0 Å². The van der Waals surface area contributed by atoms with Gasteiger partial charge in [0.05, 0.1) is 0 Å². The monoisotopic (exact) mass is 206 g/mol. The number of aliphatic imine (C=N–C) groups is 1. The molecular formula is C9H10N4O2. The van der Waals surface area contributed by atoms with Crippen LogP contribution in [-0.2, 0) is 0 Å². The van der Waals surface area contributed by atoms with Crippen molar-refractivity contribution >= 4 is 11.7 Å². The molecule has 0 aromatic heterocycles. The SMILES string of the molecule is N=C1C(NO)=NC(c2ccccc2)N1O. The number of rotatable bonds is 1. The lowest BCUT2D eigenvalue weighted by Crippen LogP contribution is -2.33. The first-order valence-corrected chi connectivity index (χ1v) is 4.34. The van der Waals surface area contributed by atoms with Gasteiger partial charge in [-0.1, -0.05) is 30.3 Å². The zero-order valence-electron chi connectivity index (χ0n) is 7.75. The lowest BCUT2D eigenvalue weighted by atomic mass is 10.2. The number of hydroxylamine groups is 3. The van der Waals surface area contributed by atoms with Gasteiger partial charge in [0.1, 0.15) is 0 Å². The Morgan fingerprint density at radius 2 is 2.00 bits per heavy atom. The van der Waals surface area contributed by atoms with E-state index in [-0.39, 0.29) is 11.7 Å². The summed E-state index contributed by atoms with van der Waals surface area (Å²) < 4.78 is 0. The van der Waals surface area contributed by atoms with Gasteiger partial charge in [0.2, 0.25) is 0 Å². The zero-order valence-corrected chi connectivity index (χ0v) is 7.75. The van der Waals surface area contributed by atoms with Crippen molar-refractivity contribution in [3.8, 4) is 0 Å². The molecule has 6 nitrogen and oxygen atoms in total. The molecule has 0 spiro atoms. The summed E-state index contributed by atoms with van der Waals surface area (Å²) in [4.78, 5) is 3.95. The fourth-order valence-corrected chi connectivity index (χ4v) is 1.39.